The van der Waals surface area contributed by atoms with E-state index in [-0.39, 0.29) is 46.6 Å². The van der Waals surface area contributed by atoms with Crippen molar-refractivity contribution in [3.8, 4) is 0 Å². The Labute approximate surface area is 163 Å². The maximum Gasteiger partial charge on any atom is 0.134 e. The van der Waals surface area contributed by atoms with Gasteiger partial charge in [0, 0.05) is 12.4 Å². The van der Waals surface area contributed by atoms with Crippen molar-refractivity contribution < 1.29 is 0 Å². The van der Waals surface area contributed by atoms with Crippen LogP contribution < -0.4 is 103 Å². The molecule has 0 spiro atoms. The highest BCUT2D eigenvalue weighted by atomic mass is 14.9. The van der Waals surface area contributed by atoms with Gasteiger partial charge in [-0.1, -0.05) is 0 Å². The molecule has 0 fully saturated rings. The monoisotopic (exact) mass is 410 g/mol. The van der Waals surface area contributed by atoms with E-state index in [1.807, 2.05) is 0 Å². The van der Waals surface area contributed by atoms with Crippen LogP contribution in [0.25, 0.3) is 0 Å². The smallest absolute Gasteiger partial charge is 0.134 e. The third-order valence-electron chi connectivity index (χ3n) is 1.38. The summed E-state index contributed by atoms with van der Waals surface area (Å²) in [5.41, 5.74) is 86.9. The second-order valence-corrected chi connectivity index (χ2v) is 4.07. The van der Waals surface area contributed by atoms with Gasteiger partial charge < -0.3 is 103 Å². The van der Waals surface area contributed by atoms with Crippen LogP contribution in [0.1, 0.15) is 0 Å². The third-order valence-corrected chi connectivity index (χ3v) is 1.38. The van der Waals surface area contributed by atoms with Gasteiger partial charge in [-0.3, -0.25) is 0 Å². The highest BCUT2D eigenvalue weighted by Crippen LogP contribution is 1.63. The Hall–Kier alpha value is -4.90. The van der Waals surface area contributed by atoms with Gasteiger partial charge in [-0.05, 0) is 0 Å². The highest BCUT2D eigenvalue weighted by molar-refractivity contribution is 4.97. The van der Waals surface area contributed by atoms with Gasteiger partial charge in [-0.2, -0.15) is 0 Å². The molecular formula is C10H38N18. The minimum atomic E-state index is -0.0185. The van der Waals surface area contributed by atoms with E-state index in [1.54, 1.807) is 0 Å². The summed E-state index contributed by atoms with van der Waals surface area (Å²) in [5, 5.41) is 0. The molecule has 0 aliphatic heterocycles. The van der Waals surface area contributed by atoms with Gasteiger partial charge in [0.2, 0.25) is 0 Å². The van der Waals surface area contributed by atoms with Crippen molar-refractivity contribution >= 4 is 0 Å². The van der Waals surface area contributed by atoms with Crippen LogP contribution in [0.3, 0.4) is 0 Å². The van der Waals surface area contributed by atoms with Crippen LogP contribution >= 0.6 is 0 Å². The first-order valence-electron chi connectivity index (χ1n) is 6.61. The molecule has 18 nitrogen and oxygen atoms in total. The molecule has 0 aromatic heterocycles. The molecular weight excluding hydrogens is 372 g/mol. The zero-order valence-corrected chi connectivity index (χ0v) is 15.5. The number of nitrogens with two attached hydrogens (primary N) is 18. The van der Waals surface area contributed by atoms with Crippen LogP contribution in [0.2, 0.25) is 0 Å². The van der Waals surface area contributed by atoms with Gasteiger partial charge in [-0.25, -0.2) is 0 Å². The summed E-state index contributed by atoms with van der Waals surface area (Å²) in [6.45, 7) is 0. The first-order chi connectivity index (χ1) is 12.5. The molecule has 0 saturated carbocycles. The predicted octanol–water partition coefficient (Wildman–Crippen LogP) is -8.83. The lowest BCUT2D eigenvalue weighted by atomic mass is 10.7. The van der Waals surface area contributed by atoms with Crippen molar-refractivity contribution in [2.45, 2.75) is 0 Å². The van der Waals surface area contributed by atoms with Crippen molar-refractivity contribution in [3.63, 3.8) is 0 Å². The van der Waals surface area contributed by atoms with E-state index in [0.29, 0.717) is 0 Å². The summed E-state index contributed by atoms with van der Waals surface area (Å²) in [6, 6.07) is 0. The summed E-state index contributed by atoms with van der Waals surface area (Å²) in [5.74, 6) is 0.204. The Morgan fingerprint density at radius 3 is 0.357 bits per heavy atom. The van der Waals surface area contributed by atoms with Gasteiger partial charge in [0.25, 0.3) is 0 Å². The van der Waals surface area contributed by atoms with Gasteiger partial charge in [-0.15, -0.1) is 0 Å². The van der Waals surface area contributed by atoms with Crippen molar-refractivity contribution in [1.29, 1.82) is 0 Å². The normalized spacial score (nSPS) is 7.00. The summed E-state index contributed by atoms with van der Waals surface area (Å²) in [6.07, 6.45) is 2.28. The molecule has 0 unspecified atom stereocenters. The molecule has 36 N–H and O–H groups in total. The van der Waals surface area contributed by atoms with Gasteiger partial charge in [0.05, 0.1) is 0 Å². The van der Waals surface area contributed by atoms with E-state index in [2.05, 4.69) is 0 Å². The zero-order valence-electron chi connectivity index (χ0n) is 15.5. The molecule has 0 aromatic carbocycles. The molecule has 0 aliphatic carbocycles. The Balaban J connectivity index is -0.0000000789. The van der Waals surface area contributed by atoms with Crippen LogP contribution in [0.4, 0.5) is 0 Å². The second kappa shape index (κ2) is 22.1. The standard InChI is InChI=1S/3C2H8N4.2C2H7N3/c3*3-1(4)2(5)6;2*3-1-2(4)5/h3*3-6H2;2*1H,3-5H2. The van der Waals surface area contributed by atoms with Crippen molar-refractivity contribution in [2.24, 2.45) is 103 Å². The molecule has 0 amide bonds. The molecule has 0 atom stereocenters. The summed E-state index contributed by atoms with van der Waals surface area (Å²) in [4.78, 5) is 0. The van der Waals surface area contributed by atoms with E-state index in [4.69, 9.17) is 103 Å². The Morgan fingerprint density at radius 1 is 0.286 bits per heavy atom. The number of hydrogen-bond donors (Lipinski definition) is 18. The minimum absolute atomic E-state index is 0.0185. The largest absolute Gasteiger partial charge is 0.402 e. The summed E-state index contributed by atoms with van der Waals surface area (Å²) < 4.78 is 0. The number of hydrogen-bond acceptors (Lipinski definition) is 18. The van der Waals surface area contributed by atoms with Crippen LogP contribution in [0.5, 0.6) is 0 Å². The van der Waals surface area contributed by atoms with Crippen LogP contribution in [0.15, 0.2) is 59.0 Å². The van der Waals surface area contributed by atoms with Crippen molar-refractivity contribution in [2.75, 3.05) is 0 Å². The van der Waals surface area contributed by atoms with Gasteiger partial charge in [0.15, 0.2) is 0 Å². The zero-order chi connectivity index (χ0) is 24.0. The first-order valence-corrected chi connectivity index (χ1v) is 6.61. The molecule has 0 saturated heterocycles. The van der Waals surface area contributed by atoms with E-state index in [0.717, 1.165) is 12.4 Å². The van der Waals surface area contributed by atoms with E-state index in [9.17, 15) is 0 Å². The fourth-order valence-corrected chi connectivity index (χ4v) is 0. The third kappa shape index (κ3) is 69.2. The second-order valence-electron chi connectivity index (χ2n) is 4.07. The van der Waals surface area contributed by atoms with Gasteiger partial charge in [0.1, 0.15) is 46.6 Å². The molecule has 0 aliphatic rings. The maximum absolute atomic E-state index is 4.84. The van der Waals surface area contributed by atoms with Crippen LogP contribution in [0, 0.1) is 0 Å². The van der Waals surface area contributed by atoms with Gasteiger partial charge >= 0.3 is 0 Å². The molecule has 28 heavy (non-hydrogen) atoms. The summed E-state index contributed by atoms with van der Waals surface area (Å²) in [7, 11) is 0. The topological polar surface area (TPSA) is 468 Å². The average Bonchev–Trinajstić information content (AvgIpc) is 2.56. The molecule has 168 valence electrons. The lowest BCUT2D eigenvalue weighted by Crippen LogP contribution is -2.22. The fourth-order valence-electron chi connectivity index (χ4n) is 0. The lowest BCUT2D eigenvalue weighted by Gasteiger charge is -1.89. The quantitative estimate of drug-likeness (QED) is 0.176. The van der Waals surface area contributed by atoms with Crippen molar-refractivity contribution in [1.82, 2.24) is 0 Å². The molecule has 0 radical (unpaired) electrons. The van der Waals surface area contributed by atoms with Crippen LogP contribution in [-0.2, 0) is 0 Å². The Bertz CT molecular complexity index is 410. The Morgan fingerprint density at radius 2 is 0.357 bits per heavy atom. The molecule has 18 heteroatoms. The molecule has 0 bridgehead atoms. The SMILES string of the molecule is NC(N)=C(N)N.NC(N)=C(N)N.NC(N)=C(N)N.NC=C(N)N.NC=C(N)N. The lowest BCUT2D eigenvalue weighted by molar-refractivity contribution is 1.09. The van der Waals surface area contributed by atoms with E-state index >= 15 is 0 Å². The fraction of sp³-hybridized carbons (Fsp3) is 0. The number of rotatable bonds is 0. The molecule has 0 aromatic rings. The maximum atomic E-state index is 4.84. The predicted molar refractivity (Wildman–Crippen MR) is 113 cm³/mol. The average molecular weight is 411 g/mol. The minimum Gasteiger partial charge on any atom is -0.402 e. The van der Waals surface area contributed by atoms with Crippen LogP contribution in [-0.4, -0.2) is 0 Å². The Kier molecular flexibility index (Phi) is 27.2. The van der Waals surface area contributed by atoms with E-state index in [1.165, 1.54) is 0 Å². The van der Waals surface area contributed by atoms with Crippen molar-refractivity contribution in [3.05, 3.63) is 59.0 Å². The van der Waals surface area contributed by atoms with E-state index < -0.39 is 0 Å². The molecule has 0 rings (SSSR count). The summed E-state index contributed by atoms with van der Waals surface area (Å²) >= 11 is 0. The molecule has 0 heterocycles. The first kappa shape index (κ1) is 34.4. The highest BCUT2D eigenvalue weighted by Gasteiger charge is 1.78.